The lowest BCUT2D eigenvalue weighted by molar-refractivity contribution is -0.141. The highest BCUT2D eigenvalue weighted by Gasteiger charge is 2.35. The Bertz CT molecular complexity index is 1070. The molecule has 0 aliphatic rings. The highest BCUT2D eigenvalue weighted by atomic mass is 16.4. The molecule has 0 aliphatic carbocycles. The van der Waals surface area contributed by atoms with Crippen molar-refractivity contribution in [2.45, 2.75) is 45.7 Å². The number of ketones is 1. The van der Waals surface area contributed by atoms with E-state index in [0.29, 0.717) is 11.1 Å². The zero-order chi connectivity index (χ0) is 24.8. The number of likely N-dealkylation sites (N-methyl/N-ethyl adjacent to an activating group) is 1. The third kappa shape index (κ3) is 6.77. The molecule has 2 atom stereocenters. The van der Waals surface area contributed by atoms with E-state index in [1.165, 1.54) is 30.1 Å². The fourth-order valence-electron chi connectivity index (χ4n) is 3.31. The summed E-state index contributed by atoms with van der Waals surface area (Å²) in [5, 5.41) is 23.4. The quantitative estimate of drug-likeness (QED) is 0.498. The van der Waals surface area contributed by atoms with Crippen LogP contribution in [0.5, 0.6) is 0 Å². The van der Waals surface area contributed by atoms with E-state index < -0.39 is 41.7 Å². The van der Waals surface area contributed by atoms with Gasteiger partial charge in [0, 0.05) is 31.4 Å². The first-order chi connectivity index (χ1) is 15.5. The first-order valence-electron chi connectivity index (χ1n) is 10.4. The molecule has 1 aromatic heterocycles. The zero-order valence-electron chi connectivity index (χ0n) is 19.1. The van der Waals surface area contributed by atoms with Crippen LogP contribution in [0.15, 0.2) is 42.7 Å². The topological polar surface area (TPSA) is 141 Å². The third-order valence-electron chi connectivity index (χ3n) is 5.18. The maximum absolute atomic E-state index is 13.0. The molecule has 2 aromatic rings. The number of amides is 2. The van der Waals surface area contributed by atoms with Gasteiger partial charge >= 0.3 is 5.97 Å². The van der Waals surface area contributed by atoms with Crippen molar-refractivity contribution in [3.63, 3.8) is 0 Å². The minimum absolute atomic E-state index is 0.0916. The fourth-order valence-corrected chi connectivity index (χ4v) is 3.31. The van der Waals surface area contributed by atoms with Crippen LogP contribution in [0.1, 0.15) is 54.7 Å². The summed E-state index contributed by atoms with van der Waals surface area (Å²) in [4.78, 5) is 49.4. The Labute approximate surface area is 192 Å². The van der Waals surface area contributed by atoms with E-state index in [1.807, 2.05) is 6.07 Å². The molecule has 0 saturated carbocycles. The molecule has 0 bridgehead atoms. The lowest BCUT2D eigenvalue weighted by atomic mass is 9.86. The molecule has 1 aromatic carbocycles. The van der Waals surface area contributed by atoms with Crippen molar-refractivity contribution in [1.29, 1.82) is 5.26 Å². The molecule has 0 fully saturated rings. The van der Waals surface area contributed by atoms with Crippen LogP contribution in [-0.2, 0) is 20.8 Å². The Balaban J connectivity index is 2.23. The first kappa shape index (κ1) is 25.3. The minimum Gasteiger partial charge on any atom is -0.481 e. The van der Waals surface area contributed by atoms with Gasteiger partial charge in [-0.05, 0) is 29.2 Å². The molecule has 3 N–H and O–H groups in total. The van der Waals surface area contributed by atoms with Crippen LogP contribution in [0.2, 0.25) is 0 Å². The van der Waals surface area contributed by atoms with Gasteiger partial charge in [0.15, 0.2) is 5.78 Å². The van der Waals surface area contributed by atoms with Crippen molar-refractivity contribution in [3.05, 3.63) is 59.4 Å². The highest BCUT2D eigenvalue weighted by Crippen LogP contribution is 2.22. The largest absolute Gasteiger partial charge is 0.481 e. The normalized spacial score (nSPS) is 12.8. The van der Waals surface area contributed by atoms with Gasteiger partial charge in [-0.2, -0.15) is 5.26 Å². The Hall–Kier alpha value is -3.93. The van der Waals surface area contributed by atoms with E-state index >= 15 is 0 Å². The monoisotopic (exact) mass is 452 g/mol. The summed E-state index contributed by atoms with van der Waals surface area (Å²) in [7, 11) is 1.46. The van der Waals surface area contributed by atoms with Crippen LogP contribution >= 0.6 is 0 Å². The molecule has 9 nitrogen and oxygen atoms in total. The Morgan fingerprint density at radius 2 is 1.73 bits per heavy atom. The van der Waals surface area contributed by atoms with Crippen molar-refractivity contribution in [1.82, 2.24) is 15.2 Å². The predicted octanol–water partition coefficient (Wildman–Crippen LogP) is 2.08. The molecule has 9 heteroatoms. The number of Topliss-reactive ketones (excluding diaryl/α,β-unsaturated/α-hetero) is 1. The summed E-state index contributed by atoms with van der Waals surface area (Å²) >= 11 is 0. The maximum Gasteiger partial charge on any atom is 0.306 e. The molecule has 0 unspecified atom stereocenters. The van der Waals surface area contributed by atoms with E-state index in [9.17, 15) is 24.3 Å². The number of aromatic nitrogens is 1. The molecular formula is C24H28N4O5. The number of benzene rings is 1. The van der Waals surface area contributed by atoms with Gasteiger partial charge in [-0.15, -0.1) is 0 Å². The average Bonchev–Trinajstić information content (AvgIpc) is 3.24. The van der Waals surface area contributed by atoms with Crippen molar-refractivity contribution in [2.75, 3.05) is 7.05 Å². The van der Waals surface area contributed by atoms with E-state index in [0.717, 1.165) is 5.56 Å². The van der Waals surface area contributed by atoms with Gasteiger partial charge in [-0.25, -0.2) is 0 Å². The van der Waals surface area contributed by atoms with Crippen LogP contribution in [0.25, 0.3) is 0 Å². The SMILES string of the molecule is CNC(=O)[C@@H](NC(=O)[C@@H](CC(=O)O)n1ccc(C(=O)Cc2ccc(C#N)cc2)c1)C(C)(C)C. The van der Waals surface area contributed by atoms with Crippen molar-refractivity contribution in [2.24, 2.45) is 5.41 Å². The molecular weight excluding hydrogens is 424 g/mol. The zero-order valence-corrected chi connectivity index (χ0v) is 19.1. The number of carboxylic acid groups (broad SMARTS) is 1. The highest BCUT2D eigenvalue weighted by molar-refractivity contribution is 5.97. The summed E-state index contributed by atoms with van der Waals surface area (Å²) in [5.74, 6) is -2.44. The van der Waals surface area contributed by atoms with Gasteiger partial charge in [0.05, 0.1) is 18.1 Å². The van der Waals surface area contributed by atoms with E-state index in [1.54, 1.807) is 45.0 Å². The van der Waals surface area contributed by atoms with Crippen LogP contribution < -0.4 is 10.6 Å². The predicted molar refractivity (Wildman–Crippen MR) is 120 cm³/mol. The van der Waals surface area contributed by atoms with Crippen LogP contribution in [0.4, 0.5) is 0 Å². The lowest BCUT2D eigenvalue weighted by Crippen LogP contribution is -2.54. The number of nitrogens with zero attached hydrogens (tertiary/aromatic N) is 2. The summed E-state index contributed by atoms with van der Waals surface area (Å²) in [6, 6.07) is 8.15. The number of nitriles is 1. The summed E-state index contributed by atoms with van der Waals surface area (Å²) in [6.45, 7) is 5.36. The molecule has 33 heavy (non-hydrogen) atoms. The van der Waals surface area contributed by atoms with Crippen molar-refractivity contribution in [3.8, 4) is 6.07 Å². The molecule has 0 radical (unpaired) electrons. The lowest BCUT2D eigenvalue weighted by Gasteiger charge is -2.31. The van der Waals surface area contributed by atoms with Gasteiger partial charge in [0.1, 0.15) is 12.1 Å². The van der Waals surface area contributed by atoms with E-state index in [-0.39, 0.29) is 12.2 Å². The number of carbonyl (C=O) groups is 4. The van der Waals surface area contributed by atoms with Crippen LogP contribution in [0.3, 0.4) is 0 Å². The van der Waals surface area contributed by atoms with Gasteiger partial charge < -0.3 is 20.3 Å². The molecule has 2 amide bonds. The number of hydrogen-bond donors (Lipinski definition) is 3. The number of carbonyl (C=O) groups excluding carboxylic acids is 3. The van der Waals surface area contributed by atoms with Crippen LogP contribution in [-0.4, -0.2) is 46.3 Å². The Morgan fingerprint density at radius 1 is 1.09 bits per heavy atom. The van der Waals surface area contributed by atoms with Gasteiger partial charge in [0.25, 0.3) is 0 Å². The van der Waals surface area contributed by atoms with Crippen molar-refractivity contribution >= 4 is 23.6 Å². The smallest absolute Gasteiger partial charge is 0.306 e. The second kappa shape index (κ2) is 10.6. The second-order valence-corrected chi connectivity index (χ2v) is 8.79. The Morgan fingerprint density at radius 3 is 2.24 bits per heavy atom. The number of rotatable bonds is 9. The summed E-state index contributed by atoms with van der Waals surface area (Å²) in [6.07, 6.45) is 2.49. The van der Waals surface area contributed by atoms with Gasteiger partial charge in [-0.1, -0.05) is 32.9 Å². The standard InChI is InChI=1S/C24H28N4O5/c1-24(2,3)21(23(33)26-4)27-22(32)18(12-20(30)31)28-10-9-17(14-28)19(29)11-15-5-7-16(13-25)8-6-15/h5-10,14,18,21H,11-12H2,1-4H3,(H,26,33)(H,27,32)(H,30,31)/t18-,21-/m1/s1. The molecule has 0 aliphatic heterocycles. The average molecular weight is 453 g/mol. The van der Waals surface area contributed by atoms with Crippen LogP contribution in [0, 0.1) is 16.7 Å². The second-order valence-electron chi connectivity index (χ2n) is 8.79. The number of carboxylic acids is 1. The summed E-state index contributed by atoms with van der Waals surface area (Å²) < 4.78 is 1.37. The fraction of sp³-hybridized carbons (Fsp3) is 0.375. The number of nitrogens with one attached hydrogen (secondary N) is 2. The molecule has 0 saturated heterocycles. The molecule has 174 valence electrons. The molecule has 2 rings (SSSR count). The Kier molecular flexibility index (Phi) is 8.13. The first-order valence-corrected chi connectivity index (χ1v) is 10.4. The van der Waals surface area contributed by atoms with Gasteiger partial charge in [0.2, 0.25) is 11.8 Å². The molecule has 0 spiro atoms. The van der Waals surface area contributed by atoms with Gasteiger partial charge in [-0.3, -0.25) is 19.2 Å². The van der Waals surface area contributed by atoms with Crippen molar-refractivity contribution < 1.29 is 24.3 Å². The van der Waals surface area contributed by atoms with E-state index in [4.69, 9.17) is 5.26 Å². The number of hydrogen-bond acceptors (Lipinski definition) is 5. The number of aliphatic carboxylic acids is 1. The summed E-state index contributed by atoms with van der Waals surface area (Å²) in [5.41, 5.74) is 0.930. The minimum atomic E-state index is -1.19. The maximum atomic E-state index is 13.0. The molecule has 1 heterocycles. The van der Waals surface area contributed by atoms with E-state index in [2.05, 4.69) is 10.6 Å². The third-order valence-corrected chi connectivity index (χ3v) is 5.18.